The van der Waals surface area contributed by atoms with Crippen molar-refractivity contribution in [2.45, 2.75) is 70.1 Å². The highest BCUT2D eigenvalue weighted by atomic mass is 16.4. The number of carbonyl (C=O) groups is 6. The summed E-state index contributed by atoms with van der Waals surface area (Å²) in [4.78, 5) is 70.9. The largest absolute Gasteiger partial charge is 0.481 e. The van der Waals surface area contributed by atoms with Gasteiger partial charge in [-0.3, -0.25) is 24.0 Å². The van der Waals surface area contributed by atoms with E-state index in [4.69, 9.17) is 21.7 Å². The van der Waals surface area contributed by atoms with Crippen molar-refractivity contribution in [1.29, 1.82) is 0 Å². The quantitative estimate of drug-likeness (QED) is 0.112. The van der Waals surface area contributed by atoms with Crippen LogP contribution in [-0.4, -0.2) is 81.7 Å². The fourth-order valence-corrected chi connectivity index (χ4v) is 2.69. The van der Waals surface area contributed by atoms with Crippen LogP contribution >= 0.6 is 0 Å². The van der Waals surface area contributed by atoms with Gasteiger partial charge in [-0.05, 0) is 25.2 Å². The monoisotopic (exact) mass is 475 g/mol. The average Bonchev–Trinajstić information content (AvgIpc) is 2.71. The summed E-state index contributed by atoms with van der Waals surface area (Å²) in [5.41, 5.74) is 10.5. The Labute approximate surface area is 190 Å². The van der Waals surface area contributed by atoms with Gasteiger partial charge in [0.2, 0.25) is 23.6 Å². The Morgan fingerprint density at radius 2 is 1.24 bits per heavy atom. The van der Waals surface area contributed by atoms with Gasteiger partial charge in [0.25, 0.3) is 0 Å². The van der Waals surface area contributed by atoms with Crippen molar-refractivity contribution in [2.75, 3.05) is 6.61 Å². The van der Waals surface area contributed by atoms with E-state index in [9.17, 15) is 33.9 Å². The summed E-state index contributed by atoms with van der Waals surface area (Å²) in [7, 11) is 0. The molecular formula is C19H33N5O9. The van der Waals surface area contributed by atoms with Crippen molar-refractivity contribution in [2.24, 2.45) is 17.4 Å². The molecule has 4 amide bonds. The number of amides is 4. The third-order valence-corrected chi connectivity index (χ3v) is 4.45. The molecule has 0 aromatic heterocycles. The first-order chi connectivity index (χ1) is 15.3. The molecule has 0 bridgehead atoms. The number of primary amides is 1. The van der Waals surface area contributed by atoms with Gasteiger partial charge in [0.15, 0.2) is 0 Å². The molecule has 0 rings (SSSR count). The average molecular weight is 475 g/mol. The van der Waals surface area contributed by atoms with E-state index in [-0.39, 0.29) is 31.6 Å². The molecule has 10 N–H and O–H groups in total. The third-order valence-electron chi connectivity index (χ3n) is 4.45. The highest BCUT2D eigenvalue weighted by molar-refractivity contribution is 5.94. The predicted octanol–water partition coefficient (Wildman–Crippen LogP) is -2.98. The molecule has 0 saturated heterocycles. The Hall–Kier alpha value is -3.26. The van der Waals surface area contributed by atoms with E-state index in [0.717, 1.165) is 0 Å². The normalized spacial score (nSPS) is 14.5. The van der Waals surface area contributed by atoms with Crippen LogP contribution in [0.5, 0.6) is 0 Å². The van der Waals surface area contributed by atoms with Gasteiger partial charge in [0, 0.05) is 12.8 Å². The van der Waals surface area contributed by atoms with Crippen molar-refractivity contribution in [3.63, 3.8) is 0 Å². The second kappa shape index (κ2) is 14.7. The van der Waals surface area contributed by atoms with Crippen molar-refractivity contribution in [1.82, 2.24) is 16.0 Å². The molecule has 0 aliphatic heterocycles. The smallest absolute Gasteiger partial charge is 0.326 e. The first-order valence-corrected chi connectivity index (χ1v) is 10.3. The SMILES string of the molecule is CC(C)CC(NC(=O)C(CCC(N)=O)NC(=O)C(CCC(=O)O)NC(=O)C(N)CO)C(=O)O. The van der Waals surface area contributed by atoms with Gasteiger partial charge < -0.3 is 42.7 Å². The lowest BCUT2D eigenvalue weighted by atomic mass is 10.0. The van der Waals surface area contributed by atoms with Gasteiger partial charge in [0.05, 0.1) is 6.61 Å². The van der Waals surface area contributed by atoms with Gasteiger partial charge in [0.1, 0.15) is 24.2 Å². The molecule has 0 aromatic carbocycles. The van der Waals surface area contributed by atoms with Crippen LogP contribution in [0.2, 0.25) is 0 Å². The lowest BCUT2D eigenvalue weighted by Gasteiger charge is -2.25. The molecule has 0 radical (unpaired) electrons. The zero-order valence-electron chi connectivity index (χ0n) is 18.6. The Balaban J connectivity index is 5.58. The van der Waals surface area contributed by atoms with E-state index in [2.05, 4.69) is 16.0 Å². The molecule has 0 saturated carbocycles. The standard InChI is InChI=1S/C19H33N5O9/c1-9(2)7-13(19(32)33)24-18(31)11(3-5-14(21)26)23-17(30)12(4-6-15(27)28)22-16(29)10(20)8-25/h9-13,25H,3-8,20H2,1-2H3,(H2,21,26)(H,22,29)(H,23,30)(H,24,31)(H,27,28)(H,32,33). The fraction of sp³-hybridized carbons (Fsp3) is 0.684. The van der Waals surface area contributed by atoms with Gasteiger partial charge in [-0.1, -0.05) is 13.8 Å². The Morgan fingerprint density at radius 3 is 1.64 bits per heavy atom. The van der Waals surface area contributed by atoms with E-state index in [1.54, 1.807) is 13.8 Å². The lowest BCUT2D eigenvalue weighted by Crippen LogP contribution is -2.57. The summed E-state index contributed by atoms with van der Waals surface area (Å²) in [5.74, 6) is -6.18. The van der Waals surface area contributed by atoms with Crippen LogP contribution in [0.25, 0.3) is 0 Å². The lowest BCUT2D eigenvalue weighted by molar-refractivity contribution is -0.143. The number of nitrogens with two attached hydrogens (primary N) is 2. The number of carbonyl (C=O) groups excluding carboxylic acids is 4. The van der Waals surface area contributed by atoms with E-state index in [1.807, 2.05) is 0 Å². The maximum absolute atomic E-state index is 12.7. The molecule has 0 fully saturated rings. The Morgan fingerprint density at radius 1 is 0.788 bits per heavy atom. The Kier molecular flexibility index (Phi) is 13.3. The molecule has 0 spiro atoms. The number of hydrogen-bond acceptors (Lipinski definition) is 8. The number of aliphatic hydroxyl groups excluding tert-OH is 1. The van der Waals surface area contributed by atoms with E-state index < -0.39 is 72.8 Å². The highest BCUT2D eigenvalue weighted by Crippen LogP contribution is 2.08. The number of hydrogen-bond donors (Lipinski definition) is 8. The van der Waals surface area contributed by atoms with Gasteiger partial charge in [-0.25, -0.2) is 4.79 Å². The minimum atomic E-state index is -1.43. The molecule has 14 heteroatoms. The summed E-state index contributed by atoms with van der Waals surface area (Å²) in [6.45, 7) is 2.78. The number of aliphatic hydroxyl groups is 1. The zero-order chi connectivity index (χ0) is 25.7. The van der Waals surface area contributed by atoms with Crippen LogP contribution in [0.4, 0.5) is 0 Å². The van der Waals surface area contributed by atoms with Gasteiger partial charge in [-0.15, -0.1) is 0 Å². The van der Waals surface area contributed by atoms with E-state index in [0.29, 0.717) is 0 Å². The molecule has 0 aliphatic carbocycles. The van der Waals surface area contributed by atoms with Crippen LogP contribution in [-0.2, 0) is 28.8 Å². The minimum absolute atomic E-state index is 0.0728. The highest BCUT2D eigenvalue weighted by Gasteiger charge is 2.31. The maximum atomic E-state index is 12.7. The molecule has 0 aliphatic rings. The van der Waals surface area contributed by atoms with Crippen LogP contribution < -0.4 is 27.4 Å². The second-order valence-electron chi connectivity index (χ2n) is 7.88. The number of carboxylic acids is 2. The molecule has 4 atom stereocenters. The molecular weight excluding hydrogens is 442 g/mol. The number of rotatable bonds is 16. The summed E-state index contributed by atoms with van der Waals surface area (Å²) >= 11 is 0. The first kappa shape index (κ1) is 29.7. The molecule has 0 heterocycles. The van der Waals surface area contributed by atoms with Crippen LogP contribution in [0.1, 0.15) is 46.0 Å². The Bertz CT molecular complexity index is 728. The van der Waals surface area contributed by atoms with Gasteiger partial charge >= 0.3 is 11.9 Å². The first-order valence-electron chi connectivity index (χ1n) is 10.3. The summed E-state index contributed by atoms with van der Waals surface area (Å²) in [5, 5.41) is 34.0. The molecule has 0 aromatic rings. The summed E-state index contributed by atoms with van der Waals surface area (Å²) < 4.78 is 0. The third kappa shape index (κ3) is 12.4. The second-order valence-corrected chi connectivity index (χ2v) is 7.88. The van der Waals surface area contributed by atoms with Crippen molar-refractivity contribution in [3.05, 3.63) is 0 Å². The zero-order valence-corrected chi connectivity index (χ0v) is 18.6. The van der Waals surface area contributed by atoms with Crippen molar-refractivity contribution in [3.8, 4) is 0 Å². The molecule has 188 valence electrons. The topological polar surface area (TPSA) is 251 Å². The van der Waals surface area contributed by atoms with Crippen molar-refractivity contribution >= 4 is 35.6 Å². The summed E-state index contributed by atoms with van der Waals surface area (Å²) in [6.07, 6.45) is -1.35. The van der Waals surface area contributed by atoms with E-state index >= 15 is 0 Å². The molecule has 14 nitrogen and oxygen atoms in total. The van der Waals surface area contributed by atoms with Crippen LogP contribution in [0, 0.1) is 5.92 Å². The van der Waals surface area contributed by atoms with Crippen LogP contribution in [0.15, 0.2) is 0 Å². The predicted molar refractivity (Wildman–Crippen MR) is 113 cm³/mol. The molecule has 4 unspecified atom stereocenters. The number of nitrogens with one attached hydrogen (secondary N) is 3. The fourth-order valence-electron chi connectivity index (χ4n) is 2.69. The number of aliphatic carboxylic acids is 2. The van der Waals surface area contributed by atoms with Gasteiger partial charge in [-0.2, -0.15) is 0 Å². The number of carboxylic acid groups (broad SMARTS) is 2. The minimum Gasteiger partial charge on any atom is -0.481 e. The van der Waals surface area contributed by atoms with Crippen LogP contribution in [0.3, 0.4) is 0 Å². The maximum Gasteiger partial charge on any atom is 0.326 e. The molecule has 33 heavy (non-hydrogen) atoms. The van der Waals surface area contributed by atoms with E-state index in [1.165, 1.54) is 0 Å². The van der Waals surface area contributed by atoms with Crippen molar-refractivity contribution < 1.29 is 44.1 Å². The summed E-state index contributed by atoms with van der Waals surface area (Å²) in [6, 6.07) is -5.45.